The number of hydrogen-bond donors (Lipinski definition) is 0. The van der Waals surface area contributed by atoms with Crippen LogP contribution in [0.15, 0.2) is 70.3 Å². The fourth-order valence-corrected chi connectivity index (χ4v) is 5.91. The summed E-state index contributed by atoms with van der Waals surface area (Å²) in [5, 5.41) is 20.9. The van der Waals surface area contributed by atoms with E-state index in [0.29, 0.717) is 50.8 Å². The largest absolute Gasteiger partial charge is 0.494 e. The van der Waals surface area contributed by atoms with E-state index >= 15 is 0 Å². The Balaban J connectivity index is 1.66. The van der Waals surface area contributed by atoms with Crippen LogP contribution < -0.4 is 14.2 Å². The fourth-order valence-electron chi connectivity index (χ4n) is 3.99. The molecule has 0 aliphatic carbocycles. The first kappa shape index (κ1) is 29.7. The summed E-state index contributed by atoms with van der Waals surface area (Å²) in [7, 11) is 0. The van der Waals surface area contributed by atoms with E-state index in [1.807, 2.05) is 73.9 Å². The number of thioether (sulfide) groups is 1. The highest BCUT2D eigenvalue weighted by atomic mass is 79.9. The molecule has 0 spiro atoms. The predicted octanol–water partition coefficient (Wildman–Crippen LogP) is 7.48. The number of nitro groups is 1. The molecule has 210 valence electrons. The van der Waals surface area contributed by atoms with Gasteiger partial charge in [-0.3, -0.25) is 14.7 Å². The molecule has 1 aromatic heterocycles. The van der Waals surface area contributed by atoms with Crippen molar-refractivity contribution in [3.8, 4) is 22.9 Å². The number of rotatable bonds is 13. The van der Waals surface area contributed by atoms with Gasteiger partial charge in [-0.2, -0.15) is 0 Å². The fraction of sp³-hybridized carbons (Fsp3) is 0.286. The van der Waals surface area contributed by atoms with Gasteiger partial charge in [0.2, 0.25) is 6.54 Å². The Morgan fingerprint density at radius 2 is 1.77 bits per heavy atom. The Labute approximate surface area is 250 Å². The van der Waals surface area contributed by atoms with Crippen LogP contribution in [-0.2, 0) is 6.61 Å². The molecule has 0 fully saturated rings. The van der Waals surface area contributed by atoms with Crippen molar-refractivity contribution >= 4 is 39.3 Å². The van der Waals surface area contributed by atoms with E-state index in [1.165, 1.54) is 11.8 Å². The van der Waals surface area contributed by atoms with E-state index in [-0.39, 0.29) is 18.1 Å². The summed E-state index contributed by atoms with van der Waals surface area (Å²) in [6.45, 7) is 6.48. The number of ether oxygens (including phenoxy) is 3. The lowest BCUT2D eigenvalue weighted by Crippen LogP contribution is -2.12. The first-order valence-corrected chi connectivity index (χ1v) is 14.6. The number of halogens is 2. The van der Waals surface area contributed by atoms with Crippen LogP contribution in [0.25, 0.3) is 5.69 Å². The molecule has 3 aromatic carbocycles. The van der Waals surface area contributed by atoms with Gasteiger partial charge in [0.25, 0.3) is 0 Å². The average molecular weight is 648 g/mol. The summed E-state index contributed by atoms with van der Waals surface area (Å²) < 4.78 is 20.0. The van der Waals surface area contributed by atoms with Gasteiger partial charge in [0, 0.05) is 21.2 Å². The zero-order valence-electron chi connectivity index (χ0n) is 22.2. The van der Waals surface area contributed by atoms with Gasteiger partial charge < -0.3 is 14.2 Å². The summed E-state index contributed by atoms with van der Waals surface area (Å²) in [5.74, 6) is 2.37. The Kier molecular flexibility index (Phi) is 10.3. The van der Waals surface area contributed by atoms with Crippen molar-refractivity contribution in [3.05, 3.63) is 97.2 Å². The molecule has 0 N–H and O–H groups in total. The van der Waals surface area contributed by atoms with Crippen molar-refractivity contribution < 1.29 is 19.1 Å². The minimum absolute atomic E-state index is 0.231. The molecular formula is C28H28BrClN4O5S. The second-order valence-corrected chi connectivity index (χ2v) is 11.0. The molecule has 1 atom stereocenters. The van der Waals surface area contributed by atoms with E-state index in [0.717, 1.165) is 17.0 Å². The third-order valence-corrected chi connectivity index (χ3v) is 7.94. The highest BCUT2D eigenvalue weighted by Crippen LogP contribution is 2.43. The monoisotopic (exact) mass is 646 g/mol. The molecule has 12 heteroatoms. The molecule has 0 aliphatic heterocycles. The maximum atomic E-state index is 11.7. The minimum Gasteiger partial charge on any atom is -0.494 e. The van der Waals surface area contributed by atoms with Gasteiger partial charge in [0.1, 0.15) is 23.4 Å². The number of benzene rings is 3. The van der Waals surface area contributed by atoms with Crippen LogP contribution in [0.5, 0.6) is 17.2 Å². The quantitative estimate of drug-likeness (QED) is 0.0837. The third-order valence-electron chi connectivity index (χ3n) is 5.80. The standard InChI is InChI=1S/C28H28BrClN4O5S/c1-4-37-22-12-10-21(11-13-22)34-18(3)31-32-28(34)40-26(16-33(35)36)20-14-23(29)27(25(15-20)38-5-2)39-17-19-8-6-7-9-24(19)30/h6-15,26H,4-5,16-17H2,1-3H3/t26-/m0/s1. The van der Waals surface area contributed by atoms with Gasteiger partial charge in [-0.25, -0.2) is 0 Å². The predicted molar refractivity (Wildman–Crippen MR) is 159 cm³/mol. The molecule has 0 amide bonds. The van der Waals surface area contributed by atoms with E-state index < -0.39 is 5.25 Å². The summed E-state index contributed by atoms with van der Waals surface area (Å²) in [5.41, 5.74) is 2.34. The number of nitrogens with zero attached hydrogens (tertiary/aromatic N) is 4. The normalized spacial score (nSPS) is 11.7. The molecule has 1 heterocycles. The van der Waals surface area contributed by atoms with Crippen LogP contribution in [-0.4, -0.2) is 39.4 Å². The third kappa shape index (κ3) is 7.26. The smallest absolute Gasteiger partial charge is 0.220 e. The average Bonchev–Trinajstić information content (AvgIpc) is 3.28. The molecule has 9 nitrogen and oxygen atoms in total. The Morgan fingerprint density at radius 1 is 1.05 bits per heavy atom. The van der Waals surface area contributed by atoms with Crippen molar-refractivity contribution in [1.29, 1.82) is 0 Å². The highest BCUT2D eigenvalue weighted by molar-refractivity contribution is 9.10. The van der Waals surface area contributed by atoms with Gasteiger partial charge in [-0.15, -0.1) is 10.2 Å². The first-order valence-electron chi connectivity index (χ1n) is 12.6. The molecule has 0 saturated carbocycles. The van der Waals surface area contributed by atoms with Crippen LogP contribution in [0.1, 0.15) is 36.0 Å². The molecule has 0 unspecified atom stereocenters. The van der Waals surface area contributed by atoms with Crippen molar-refractivity contribution in [1.82, 2.24) is 14.8 Å². The van der Waals surface area contributed by atoms with Gasteiger partial charge in [0.15, 0.2) is 16.7 Å². The van der Waals surface area contributed by atoms with Crippen molar-refractivity contribution in [2.45, 2.75) is 37.8 Å². The SMILES string of the molecule is CCOc1ccc(-n2c(C)nnc2S[C@@H](C[N+](=O)[O-])c2cc(Br)c(OCc3ccccc3Cl)c(OCC)c2)cc1. The van der Waals surface area contributed by atoms with Crippen LogP contribution >= 0.6 is 39.3 Å². The lowest BCUT2D eigenvalue weighted by Gasteiger charge is -2.19. The Morgan fingerprint density at radius 3 is 2.45 bits per heavy atom. The summed E-state index contributed by atoms with van der Waals surface area (Å²) in [6, 6.07) is 18.6. The summed E-state index contributed by atoms with van der Waals surface area (Å²) in [6.07, 6.45) is 0. The Bertz CT molecular complexity index is 1470. The molecule has 40 heavy (non-hydrogen) atoms. The summed E-state index contributed by atoms with van der Waals surface area (Å²) >= 11 is 11.2. The second-order valence-electron chi connectivity index (χ2n) is 8.56. The minimum atomic E-state index is -0.590. The molecule has 4 rings (SSSR count). The lowest BCUT2D eigenvalue weighted by molar-refractivity contribution is -0.479. The lowest BCUT2D eigenvalue weighted by atomic mass is 10.1. The molecule has 0 radical (unpaired) electrons. The van der Waals surface area contributed by atoms with Gasteiger partial charge in [-0.1, -0.05) is 41.6 Å². The van der Waals surface area contributed by atoms with Crippen LogP contribution in [0, 0.1) is 17.0 Å². The number of hydrogen-bond acceptors (Lipinski definition) is 8. The van der Waals surface area contributed by atoms with Crippen LogP contribution in [0.3, 0.4) is 0 Å². The van der Waals surface area contributed by atoms with E-state index in [1.54, 1.807) is 12.1 Å². The Hall–Kier alpha value is -3.28. The highest BCUT2D eigenvalue weighted by Gasteiger charge is 2.26. The van der Waals surface area contributed by atoms with Crippen LogP contribution in [0.2, 0.25) is 5.02 Å². The van der Waals surface area contributed by atoms with Gasteiger partial charge >= 0.3 is 0 Å². The zero-order valence-corrected chi connectivity index (χ0v) is 25.3. The van der Waals surface area contributed by atoms with Crippen LogP contribution in [0.4, 0.5) is 0 Å². The number of aryl methyl sites for hydroxylation is 1. The van der Waals surface area contributed by atoms with Gasteiger partial charge in [0.05, 0.1) is 17.7 Å². The summed E-state index contributed by atoms with van der Waals surface area (Å²) in [4.78, 5) is 11.4. The topological polar surface area (TPSA) is 102 Å². The molecule has 0 aliphatic rings. The maximum absolute atomic E-state index is 11.7. The van der Waals surface area contributed by atoms with E-state index in [4.69, 9.17) is 25.8 Å². The maximum Gasteiger partial charge on any atom is 0.220 e. The molecule has 4 aromatic rings. The van der Waals surface area contributed by atoms with E-state index in [2.05, 4.69) is 26.1 Å². The number of aromatic nitrogens is 3. The van der Waals surface area contributed by atoms with Crippen molar-refractivity contribution in [3.63, 3.8) is 0 Å². The molecule has 0 bridgehead atoms. The van der Waals surface area contributed by atoms with Gasteiger partial charge in [-0.05, 0) is 84.7 Å². The molecule has 0 saturated heterocycles. The first-order chi connectivity index (χ1) is 19.3. The van der Waals surface area contributed by atoms with Crippen molar-refractivity contribution in [2.75, 3.05) is 19.8 Å². The zero-order chi connectivity index (χ0) is 28.6. The van der Waals surface area contributed by atoms with Crippen molar-refractivity contribution in [2.24, 2.45) is 0 Å². The molecular weight excluding hydrogens is 620 g/mol. The second kappa shape index (κ2) is 13.9. The van der Waals surface area contributed by atoms with E-state index in [9.17, 15) is 10.1 Å².